The lowest BCUT2D eigenvalue weighted by atomic mass is 10.3. The molecule has 34 heavy (non-hydrogen) atoms. The minimum Gasteiger partial charge on any atom is -0.342 e. The monoisotopic (exact) mass is 522 g/mol. The molecule has 4 rings (SSSR count). The molecule has 2 nitrogen and oxygen atoms in total. The van der Waals surface area contributed by atoms with Crippen LogP contribution in [0.3, 0.4) is 0 Å². The van der Waals surface area contributed by atoms with Gasteiger partial charge in [0.2, 0.25) is 0 Å². The van der Waals surface area contributed by atoms with Gasteiger partial charge < -0.3 is 9.05 Å². The molecule has 0 spiro atoms. The van der Waals surface area contributed by atoms with Gasteiger partial charge in [-0.25, -0.2) is 0 Å². The van der Waals surface area contributed by atoms with Gasteiger partial charge in [0, 0.05) is 21.2 Å². The van der Waals surface area contributed by atoms with E-state index in [1.165, 1.54) is 0 Å². The Bertz CT molecular complexity index is 1180. The number of benzene rings is 4. The molecule has 0 radical (unpaired) electrons. The fourth-order valence-electron chi connectivity index (χ4n) is 3.72. The molecule has 0 amide bonds. The van der Waals surface area contributed by atoms with Crippen molar-refractivity contribution in [3.8, 4) is 0 Å². The molecule has 6 heteroatoms. The second kappa shape index (κ2) is 11.7. The zero-order valence-electron chi connectivity index (χ0n) is 19.1. The first-order valence-electron chi connectivity index (χ1n) is 11.3. The molecule has 0 saturated heterocycles. The highest BCUT2D eigenvalue weighted by molar-refractivity contribution is 8.19. The lowest BCUT2D eigenvalue weighted by Gasteiger charge is -2.28. The highest BCUT2D eigenvalue weighted by Gasteiger charge is 2.27. The van der Waals surface area contributed by atoms with E-state index < -0.39 is 12.5 Å². The van der Waals surface area contributed by atoms with Crippen LogP contribution >= 0.6 is 12.5 Å². The van der Waals surface area contributed by atoms with E-state index in [2.05, 4.69) is 55.5 Å². The van der Waals surface area contributed by atoms with Crippen LogP contribution in [0.15, 0.2) is 121 Å². The van der Waals surface area contributed by atoms with E-state index in [0.29, 0.717) is 13.0 Å². The third-order valence-electron chi connectivity index (χ3n) is 5.51. The van der Waals surface area contributed by atoms with Gasteiger partial charge in [0.1, 0.15) is 12.5 Å². The normalized spacial score (nSPS) is 12.9. The summed E-state index contributed by atoms with van der Waals surface area (Å²) in [5.74, 6) is 0. The maximum atomic E-state index is 6.66. The summed E-state index contributed by atoms with van der Waals surface area (Å²) in [7, 11) is 0. The standard InChI is InChI=1S/C28H28O2P2S2/c1-24(30-32(34,27-18-10-4-11-19-27)28-20-12-5-13-21-28)22-23-29-31(33,25-14-6-2-7-15-25)26-16-8-3-9-17-26/h2-21,24H,22-23H2,1H3. The van der Waals surface area contributed by atoms with Gasteiger partial charge in [0.05, 0.1) is 12.7 Å². The molecule has 1 unspecified atom stereocenters. The van der Waals surface area contributed by atoms with Gasteiger partial charge in [0.15, 0.2) is 0 Å². The molecule has 0 heterocycles. The predicted octanol–water partition coefficient (Wildman–Crippen LogP) is 5.89. The summed E-state index contributed by atoms with van der Waals surface area (Å²) in [5.41, 5.74) is 0. The Morgan fingerprint density at radius 3 is 1.24 bits per heavy atom. The van der Waals surface area contributed by atoms with Crippen molar-refractivity contribution in [2.24, 2.45) is 0 Å². The molecule has 4 aromatic carbocycles. The molecule has 0 aliphatic carbocycles. The summed E-state index contributed by atoms with van der Waals surface area (Å²) in [6, 6.07) is 40.7. The Morgan fingerprint density at radius 2 is 0.882 bits per heavy atom. The molecule has 0 fully saturated rings. The van der Waals surface area contributed by atoms with Gasteiger partial charge in [-0.3, -0.25) is 0 Å². The molecular weight excluding hydrogens is 494 g/mol. The zero-order chi connectivity index (χ0) is 23.9. The Morgan fingerprint density at radius 1 is 0.559 bits per heavy atom. The molecule has 0 aliphatic rings. The number of rotatable bonds is 10. The summed E-state index contributed by atoms with van der Waals surface area (Å²) >= 11 is 12.4. The van der Waals surface area contributed by atoms with Crippen molar-refractivity contribution in [3.63, 3.8) is 0 Å². The minimum atomic E-state index is -2.42. The molecular formula is C28H28O2P2S2. The van der Waals surface area contributed by atoms with Crippen LogP contribution in [-0.2, 0) is 32.7 Å². The number of hydrogen-bond acceptors (Lipinski definition) is 4. The molecule has 4 aromatic rings. The maximum absolute atomic E-state index is 6.66. The van der Waals surface area contributed by atoms with Crippen molar-refractivity contribution in [3.05, 3.63) is 121 Å². The fourth-order valence-corrected chi connectivity index (χ4v) is 10.2. The Kier molecular flexibility index (Phi) is 8.66. The summed E-state index contributed by atoms with van der Waals surface area (Å²) in [6.07, 6.45) is -4.18. The van der Waals surface area contributed by atoms with Crippen LogP contribution in [-0.4, -0.2) is 12.7 Å². The van der Waals surface area contributed by atoms with E-state index >= 15 is 0 Å². The van der Waals surface area contributed by atoms with Gasteiger partial charge in [-0.2, -0.15) is 0 Å². The van der Waals surface area contributed by atoms with Crippen LogP contribution in [0.25, 0.3) is 0 Å². The van der Waals surface area contributed by atoms with Crippen molar-refractivity contribution in [1.29, 1.82) is 0 Å². The topological polar surface area (TPSA) is 18.5 Å². The fraction of sp³-hybridized carbons (Fsp3) is 0.143. The Hall–Kier alpha value is -1.90. The lowest BCUT2D eigenvalue weighted by molar-refractivity contribution is 0.204. The average Bonchev–Trinajstić information content (AvgIpc) is 2.90. The Labute approximate surface area is 213 Å². The third kappa shape index (κ3) is 5.83. The van der Waals surface area contributed by atoms with E-state index in [0.717, 1.165) is 21.2 Å². The van der Waals surface area contributed by atoms with Gasteiger partial charge in [-0.1, -0.05) is 145 Å². The second-order valence-corrected chi connectivity index (χ2v) is 15.8. The van der Waals surface area contributed by atoms with Gasteiger partial charge in [0.25, 0.3) is 0 Å². The highest BCUT2D eigenvalue weighted by atomic mass is 32.4. The predicted molar refractivity (Wildman–Crippen MR) is 154 cm³/mol. The van der Waals surface area contributed by atoms with Crippen LogP contribution in [0.4, 0.5) is 0 Å². The first kappa shape index (κ1) is 25.2. The molecule has 0 N–H and O–H groups in total. The van der Waals surface area contributed by atoms with E-state index in [1.54, 1.807) is 0 Å². The summed E-state index contributed by atoms with van der Waals surface area (Å²) in [6.45, 7) is 2.58. The maximum Gasteiger partial charge on any atom is 0.123 e. The van der Waals surface area contributed by atoms with Crippen LogP contribution in [0.1, 0.15) is 13.3 Å². The summed E-state index contributed by atoms with van der Waals surface area (Å²) < 4.78 is 13.2. The third-order valence-corrected chi connectivity index (χ3v) is 13.7. The van der Waals surface area contributed by atoms with Crippen LogP contribution in [0.2, 0.25) is 0 Å². The second-order valence-electron chi connectivity index (χ2n) is 7.98. The van der Waals surface area contributed by atoms with E-state index in [9.17, 15) is 0 Å². The smallest absolute Gasteiger partial charge is 0.123 e. The van der Waals surface area contributed by atoms with Crippen molar-refractivity contribution in [2.75, 3.05) is 6.61 Å². The molecule has 1 atom stereocenters. The Balaban J connectivity index is 1.51. The summed E-state index contributed by atoms with van der Waals surface area (Å²) in [4.78, 5) is 0. The van der Waals surface area contributed by atoms with Crippen molar-refractivity contribution in [2.45, 2.75) is 19.4 Å². The van der Waals surface area contributed by atoms with Gasteiger partial charge in [-0.05, 0) is 13.3 Å². The van der Waals surface area contributed by atoms with Gasteiger partial charge >= 0.3 is 0 Å². The van der Waals surface area contributed by atoms with E-state index in [1.807, 2.05) is 72.8 Å². The SMILES string of the molecule is CC(CCOP(=S)(c1ccccc1)c1ccccc1)OP(=S)(c1ccccc1)c1ccccc1. The zero-order valence-corrected chi connectivity index (χ0v) is 22.5. The molecule has 0 aliphatic heterocycles. The van der Waals surface area contributed by atoms with Crippen LogP contribution in [0.5, 0.6) is 0 Å². The molecule has 0 bridgehead atoms. The molecule has 0 saturated carbocycles. The number of hydrogen-bond donors (Lipinski definition) is 0. The molecule has 0 aromatic heterocycles. The van der Waals surface area contributed by atoms with Crippen molar-refractivity contribution >= 4 is 57.4 Å². The van der Waals surface area contributed by atoms with Crippen LogP contribution < -0.4 is 21.2 Å². The van der Waals surface area contributed by atoms with E-state index in [4.69, 9.17) is 32.7 Å². The average molecular weight is 523 g/mol. The summed E-state index contributed by atoms with van der Waals surface area (Å²) in [5, 5.41) is 4.23. The lowest BCUT2D eigenvalue weighted by Crippen LogP contribution is -2.23. The quantitative estimate of drug-likeness (QED) is 0.242. The minimum absolute atomic E-state index is 0.0822. The highest BCUT2D eigenvalue weighted by Crippen LogP contribution is 2.48. The largest absolute Gasteiger partial charge is 0.342 e. The first-order chi connectivity index (χ1) is 16.5. The van der Waals surface area contributed by atoms with Crippen molar-refractivity contribution < 1.29 is 9.05 Å². The first-order valence-corrected chi connectivity index (χ1v) is 16.7. The molecule has 174 valence electrons. The van der Waals surface area contributed by atoms with E-state index in [-0.39, 0.29) is 6.10 Å². The van der Waals surface area contributed by atoms with Gasteiger partial charge in [-0.15, -0.1) is 0 Å². The van der Waals surface area contributed by atoms with Crippen molar-refractivity contribution in [1.82, 2.24) is 0 Å². The van der Waals surface area contributed by atoms with Crippen LogP contribution in [0, 0.1) is 0 Å².